The van der Waals surface area contributed by atoms with Crippen molar-refractivity contribution in [1.29, 1.82) is 0 Å². The fraction of sp³-hybridized carbons (Fsp3) is 0.381. The number of hydrogen-bond acceptors (Lipinski definition) is 4. The standard InChI is InChI=1S/C21H25N3O3S/c25-21-9-6-18-16-19(7-8-20(18)22-21)23-11-13-24(14-12-23)28(26,27)15-10-17-4-2-1-3-5-17/h1-5,7-8,16H,6,9-15H2,(H,22,25). The zero-order valence-electron chi connectivity index (χ0n) is 15.8. The van der Waals surface area contributed by atoms with Crippen molar-refractivity contribution in [2.24, 2.45) is 0 Å². The Kier molecular flexibility index (Phi) is 5.37. The molecule has 0 aliphatic carbocycles. The number of carbonyl (C=O) groups excluding carboxylic acids is 1. The molecule has 6 nitrogen and oxygen atoms in total. The molecular formula is C21H25N3O3S. The van der Waals surface area contributed by atoms with Gasteiger partial charge in [-0.1, -0.05) is 30.3 Å². The largest absolute Gasteiger partial charge is 0.369 e. The lowest BCUT2D eigenvalue weighted by Crippen LogP contribution is -2.49. The van der Waals surface area contributed by atoms with Crippen LogP contribution in [0, 0.1) is 0 Å². The Morgan fingerprint density at radius 2 is 1.68 bits per heavy atom. The summed E-state index contributed by atoms with van der Waals surface area (Å²) < 4.78 is 27.0. The number of anilines is 2. The second-order valence-electron chi connectivity index (χ2n) is 7.33. The highest BCUT2D eigenvalue weighted by molar-refractivity contribution is 7.89. The first kappa shape index (κ1) is 19.0. The summed E-state index contributed by atoms with van der Waals surface area (Å²) in [7, 11) is -3.25. The lowest BCUT2D eigenvalue weighted by molar-refractivity contribution is -0.116. The van der Waals surface area contributed by atoms with Gasteiger partial charge in [0.1, 0.15) is 0 Å². The van der Waals surface area contributed by atoms with Crippen LogP contribution >= 0.6 is 0 Å². The zero-order chi connectivity index (χ0) is 19.6. The Labute approximate surface area is 166 Å². The van der Waals surface area contributed by atoms with E-state index in [2.05, 4.69) is 16.3 Å². The van der Waals surface area contributed by atoms with E-state index >= 15 is 0 Å². The summed E-state index contributed by atoms with van der Waals surface area (Å²) in [5, 5.41) is 2.90. The molecule has 2 aromatic rings. The number of hydrogen-bond donors (Lipinski definition) is 1. The van der Waals surface area contributed by atoms with Crippen molar-refractivity contribution in [2.75, 3.05) is 42.1 Å². The predicted octanol–water partition coefficient (Wildman–Crippen LogP) is 2.27. The van der Waals surface area contributed by atoms with Gasteiger partial charge < -0.3 is 10.2 Å². The van der Waals surface area contributed by atoms with Gasteiger partial charge in [0.2, 0.25) is 15.9 Å². The Hall–Kier alpha value is -2.38. The van der Waals surface area contributed by atoms with E-state index in [0.717, 1.165) is 28.9 Å². The molecule has 0 atom stereocenters. The van der Waals surface area contributed by atoms with Gasteiger partial charge in [-0.2, -0.15) is 4.31 Å². The second kappa shape index (κ2) is 7.93. The first-order valence-electron chi connectivity index (χ1n) is 9.71. The fourth-order valence-corrected chi connectivity index (χ4v) is 5.28. The summed E-state index contributed by atoms with van der Waals surface area (Å²) >= 11 is 0. The van der Waals surface area contributed by atoms with Crippen molar-refractivity contribution in [2.45, 2.75) is 19.3 Å². The minimum atomic E-state index is -3.25. The lowest BCUT2D eigenvalue weighted by Gasteiger charge is -2.36. The number of fused-ring (bicyclic) bond motifs is 1. The van der Waals surface area contributed by atoms with E-state index in [0.29, 0.717) is 39.0 Å². The molecule has 0 radical (unpaired) electrons. The summed E-state index contributed by atoms with van der Waals surface area (Å²) in [5.41, 5.74) is 4.18. The summed E-state index contributed by atoms with van der Waals surface area (Å²) in [6.45, 7) is 2.36. The molecule has 1 saturated heterocycles. The lowest BCUT2D eigenvalue weighted by atomic mass is 10.0. The van der Waals surface area contributed by atoms with Gasteiger partial charge >= 0.3 is 0 Å². The quantitative estimate of drug-likeness (QED) is 0.837. The Morgan fingerprint density at radius 3 is 2.43 bits per heavy atom. The normalized spacial score (nSPS) is 17.9. The molecule has 28 heavy (non-hydrogen) atoms. The first-order chi connectivity index (χ1) is 13.5. The fourth-order valence-electron chi connectivity index (χ4n) is 3.81. The van der Waals surface area contributed by atoms with Crippen LogP contribution in [0.3, 0.4) is 0 Å². The summed E-state index contributed by atoms with van der Waals surface area (Å²) in [5.74, 6) is 0.213. The second-order valence-corrected chi connectivity index (χ2v) is 9.42. The summed E-state index contributed by atoms with van der Waals surface area (Å²) in [4.78, 5) is 13.7. The topological polar surface area (TPSA) is 69.7 Å². The number of piperazine rings is 1. The van der Waals surface area contributed by atoms with Crippen LogP contribution in [0.5, 0.6) is 0 Å². The maximum absolute atomic E-state index is 12.7. The van der Waals surface area contributed by atoms with Gasteiger partial charge in [0.15, 0.2) is 0 Å². The SMILES string of the molecule is O=C1CCc2cc(N3CCN(S(=O)(=O)CCc4ccccc4)CC3)ccc2N1. The monoisotopic (exact) mass is 399 g/mol. The molecule has 7 heteroatoms. The van der Waals surface area contributed by atoms with Crippen molar-refractivity contribution < 1.29 is 13.2 Å². The van der Waals surface area contributed by atoms with E-state index in [1.807, 2.05) is 42.5 Å². The minimum absolute atomic E-state index is 0.0644. The molecule has 4 rings (SSSR count). The van der Waals surface area contributed by atoms with Crippen LogP contribution in [0.15, 0.2) is 48.5 Å². The van der Waals surface area contributed by atoms with Crippen LogP contribution in [0.1, 0.15) is 17.5 Å². The highest BCUT2D eigenvalue weighted by Crippen LogP contribution is 2.28. The molecule has 0 bridgehead atoms. The molecule has 0 unspecified atom stereocenters. The Balaban J connectivity index is 1.36. The number of nitrogens with zero attached hydrogens (tertiary/aromatic N) is 2. The van der Waals surface area contributed by atoms with Crippen molar-refractivity contribution in [3.8, 4) is 0 Å². The number of nitrogens with one attached hydrogen (secondary N) is 1. The molecule has 2 aliphatic rings. The van der Waals surface area contributed by atoms with Gasteiger partial charge in [0, 0.05) is 44.0 Å². The highest BCUT2D eigenvalue weighted by atomic mass is 32.2. The maximum atomic E-state index is 12.7. The predicted molar refractivity (Wildman–Crippen MR) is 111 cm³/mol. The first-order valence-corrected chi connectivity index (χ1v) is 11.3. The highest BCUT2D eigenvalue weighted by Gasteiger charge is 2.27. The van der Waals surface area contributed by atoms with Crippen LogP contribution in [-0.4, -0.2) is 50.6 Å². The molecule has 0 aromatic heterocycles. The smallest absolute Gasteiger partial charge is 0.224 e. The molecule has 2 heterocycles. The third kappa shape index (κ3) is 4.20. The molecule has 2 aliphatic heterocycles. The van der Waals surface area contributed by atoms with Gasteiger partial charge in [-0.15, -0.1) is 0 Å². The van der Waals surface area contributed by atoms with Crippen LogP contribution in [0.25, 0.3) is 0 Å². The molecule has 1 N–H and O–H groups in total. The molecule has 0 spiro atoms. The zero-order valence-corrected chi connectivity index (χ0v) is 16.6. The number of benzene rings is 2. The maximum Gasteiger partial charge on any atom is 0.224 e. The molecule has 1 amide bonds. The van der Waals surface area contributed by atoms with E-state index in [9.17, 15) is 13.2 Å². The number of sulfonamides is 1. The average Bonchev–Trinajstić information content (AvgIpc) is 2.73. The van der Waals surface area contributed by atoms with E-state index < -0.39 is 10.0 Å². The number of amides is 1. The molecular weight excluding hydrogens is 374 g/mol. The van der Waals surface area contributed by atoms with Crippen LogP contribution in [0.2, 0.25) is 0 Å². The van der Waals surface area contributed by atoms with Gasteiger partial charge in [0.05, 0.1) is 5.75 Å². The van der Waals surface area contributed by atoms with Crippen molar-refractivity contribution >= 4 is 27.3 Å². The van der Waals surface area contributed by atoms with Crippen molar-refractivity contribution in [3.05, 3.63) is 59.7 Å². The molecule has 148 valence electrons. The van der Waals surface area contributed by atoms with Gasteiger partial charge in [-0.3, -0.25) is 4.79 Å². The van der Waals surface area contributed by atoms with E-state index in [-0.39, 0.29) is 11.7 Å². The third-order valence-corrected chi connectivity index (χ3v) is 7.34. The third-order valence-electron chi connectivity index (χ3n) is 5.47. The number of aryl methyl sites for hydroxylation is 2. The minimum Gasteiger partial charge on any atom is -0.369 e. The Bertz CT molecular complexity index is 952. The summed E-state index contributed by atoms with van der Waals surface area (Å²) in [6, 6.07) is 15.8. The number of carbonyl (C=O) groups is 1. The van der Waals surface area contributed by atoms with Crippen LogP contribution in [-0.2, 0) is 27.7 Å². The molecule has 1 fully saturated rings. The van der Waals surface area contributed by atoms with Crippen molar-refractivity contribution in [1.82, 2.24) is 4.31 Å². The van der Waals surface area contributed by atoms with E-state index in [1.54, 1.807) is 4.31 Å². The van der Waals surface area contributed by atoms with Crippen LogP contribution < -0.4 is 10.2 Å². The Morgan fingerprint density at radius 1 is 0.929 bits per heavy atom. The van der Waals surface area contributed by atoms with Gasteiger partial charge in [-0.05, 0) is 42.2 Å². The summed E-state index contributed by atoms with van der Waals surface area (Å²) in [6.07, 6.45) is 1.81. The van der Waals surface area contributed by atoms with E-state index in [4.69, 9.17) is 0 Å². The van der Waals surface area contributed by atoms with Crippen molar-refractivity contribution in [3.63, 3.8) is 0 Å². The molecule has 0 saturated carbocycles. The van der Waals surface area contributed by atoms with Crippen LogP contribution in [0.4, 0.5) is 11.4 Å². The van der Waals surface area contributed by atoms with E-state index in [1.165, 1.54) is 0 Å². The average molecular weight is 400 g/mol. The van der Waals surface area contributed by atoms with Gasteiger partial charge in [-0.25, -0.2) is 8.42 Å². The van der Waals surface area contributed by atoms with Gasteiger partial charge in [0.25, 0.3) is 0 Å². The molecule has 2 aromatic carbocycles. The number of rotatable bonds is 5.